The molecule has 1 aliphatic rings. The van der Waals surface area contributed by atoms with Gasteiger partial charge in [-0.2, -0.15) is 0 Å². The van der Waals surface area contributed by atoms with E-state index in [9.17, 15) is 13.2 Å². The third-order valence-corrected chi connectivity index (χ3v) is 6.56. The van der Waals surface area contributed by atoms with Crippen molar-refractivity contribution in [3.8, 4) is 5.75 Å². The first-order valence-corrected chi connectivity index (χ1v) is 10.3. The molecule has 6 heteroatoms. The summed E-state index contributed by atoms with van der Waals surface area (Å²) in [5.41, 5.74) is 0.614. The number of rotatable bonds is 5. The quantitative estimate of drug-likeness (QED) is 0.631. The van der Waals surface area contributed by atoms with Crippen LogP contribution >= 0.6 is 0 Å². The molecule has 0 radical (unpaired) electrons. The van der Waals surface area contributed by atoms with E-state index < -0.39 is 32.7 Å². The van der Waals surface area contributed by atoms with E-state index in [0.29, 0.717) is 13.2 Å². The first-order valence-electron chi connectivity index (χ1n) is 7.82. The number of hydrogen-bond acceptors (Lipinski definition) is 2. The van der Waals surface area contributed by atoms with E-state index >= 15 is 0 Å². The number of alkyl halides is 3. The van der Waals surface area contributed by atoms with E-state index in [0.717, 1.165) is 27.9 Å². The second-order valence-corrected chi connectivity index (χ2v) is 8.37. The van der Waals surface area contributed by atoms with Gasteiger partial charge in [0.25, 0.3) is 0 Å². The van der Waals surface area contributed by atoms with Crippen molar-refractivity contribution in [3.63, 3.8) is 0 Å². The summed E-state index contributed by atoms with van der Waals surface area (Å²) in [6.45, 7) is 1.08. The Balaban J connectivity index is 1.48. The molecule has 0 bridgehead atoms. The van der Waals surface area contributed by atoms with Crippen molar-refractivity contribution in [2.45, 2.75) is 18.7 Å². The molecule has 0 aliphatic carbocycles. The molecule has 132 valence electrons. The molecule has 0 N–H and O–H groups in total. The van der Waals surface area contributed by atoms with Crippen molar-refractivity contribution in [3.05, 3.63) is 69.9 Å². The SMILES string of the molecule is FC(F)(F)c1ccc([Te]/C=C2\COC(COc3ccccc3)C2)cc1. The van der Waals surface area contributed by atoms with Gasteiger partial charge in [0.15, 0.2) is 0 Å². The van der Waals surface area contributed by atoms with E-state index in [2.05, 4.69) is 4.12 Å². The van der Waals surface area contributed by atoms with Crippen LogP contribution in [0, 0.1) is 0 Å². The molecule has 0 amide bonds. The predicted molar refractivity (Wildman–Crippen MR) is 91.2 cm³/mol. The average Bonchev–Trinajstić information content (AvgIpc) is 3.07. The predicted octanol–water partition coefficient (Wildman–Crippen LogP) is 3.79. The fraction of sp³-hybridized carbons (Fsp3) is 0.263. The maximum absolute atomic E-state index is 12.6. The second kappa shape index (κ2) is 8.27. The first kappa shape index (κ1) is 18.3. The molecule has 1 fully saturated rings. The Morgan fingerprint density at radius 2 is 1.80 bits per heavy atom. The minimum atomic E-state index is -4.27. The zero-order chi connectivity index (χ0) is 17.7. The van der Waals surface area contributed by atoms with Crippen LogP contribution in [0.2, 0.25) is 0 Å². The Labute approximate surface area is 154 Å². The summed E-state index contributed by atoms with van der Waals surface area (Å²) < 4.78 is 52.2. The molecule has 1 aliphatic heterocycles. The van der Waals surface area contributed by atoms with E-state index in [4.69, 9.17) is 9.47 Å². The third kappa shape index (κ3) is 5.50. The third-order valence-electron chi connectivity index (χ3n) is 3.72. The standard InChI is InChI=1S/C19H17F3O2Te/c20-19(21,22)15-6-8-18(9-7-15)25-13-14-10-17(23-11-14)12-24-16-4-2-1-3-5-16/h1-9,13,17H,10-12H2/b14-13-. The molecule has 2 nitrogen and oxygen atoms in total. The number of hydrogen-bond donors (Lipinski definition) is 0. The van der Waals surface area contributed by atoms with Crippen molar-refractivity contribution in [2.24, 2.45) is 0 Å². The average molecular weight is 462 g/mol. The molecule has 0 spiro atoms. The summed E-state index contributed by atoms with van der Waals surface area (Å²) in [6.07, 6.45) is -3.42. The molecule has 25 heavy (non-hydrogen) atoms. The van der Waals surface area contributed by atoms with Crippen LogP contribution in [0.1, 0.15) is 12.0 Å². The van der Waals surface area contributed by atoms with Gasteiger partial charge in [-0.3, -0.25) is 0 Å². The van der Waals surface area contributed by atoms with Crippen LogP contribution in [-0.2, 0) is 10.9 Å². The molecule has 1 saturated heterocycles. The topological polar surface area (TPSA) is 18.5 Å². The van der Waals surface area contributed by atoms with Gasteiger partial charge in [0.05, 0.1) is 0 Å². The fourth-order valence-corrected chi connectivity index (χ4v) is 4.57. The van der Waals surface area contributed by atoms with Gasteiger partial charge in [-0.15, -0.1) is 0 Å². The number of para-hydroxylation sites is 1. The van der Waals surface area contributed by atoms with Crippen molar-refractivity contribution in [1.29, 1.82) is 0 Å². The molecule has 1 unspecified atom stereocenters. The summed E-state index contributed by atoms with van der Waals surface area (Å²) in [4.78, 5) is 0. The number of ether oxygens (including phenoxy) is 2. The Hall–Kier alpha value is -1.48. The molecule has 1 atom stereocenters. The maximum atomic E-state index is 12.6. The zero-order valence-electron chi connectivity index (χ0n) is 13.3. The first-order chi connectivity index (χ1) is 12.0. The Morgan fingerprint density at radius 1 is 1.08 bits per heavy atom. The van der Waals surface area contributed by atoms with Crippen LogP contribution in [0.15, 0.2) is 64.3 Å². The van der Waals surface area contributed by atoms with Gasteiger partial charge in [-0.1, -0.05) is 0 Å². The van der Waals surface area contributed by atoms with Gasteiger partial charge >= 0.3 is 155 Å². The number of benzene rings is 2. The Bertz CT molecular complexity index is 712. The van der Waals surface area contributed by atoms with Crippen LogP contribution in [0.4, 0.5) is 13.2 Å². The van der Waals surface area contributed by atoms with Gasteiger partial charge in [-0.05, 0) is 0 Å². The van der Waals surface area contributed by atoms with E-state index in [1.54, 1.807) is 12.1 Å². The molecule has 2 aromatic rings. The molecule has 0 aromatic heterocycles. The van der Waals surface area contributed by atoms with E-state index in [1.807, 2.05) is 30.3 Å². The van der Waals surface area contributed by atoms with Crippen molar-refractivity contribution in [2.75, 3.05) is 13.2 Å². The summed E-state index contributed by atoms with van der Waals surface area (Å²) in [6, 6.07) is 15.1. The minimum absolute atomic E-state index is 0.0338. The van der Waals surface area contributed by atoms with Crippen LogP contribution in [0.25, 0.3) is 0 Å². The molecular weight excluding hydrogens is 445 g/mol. The van der Waals surface area contributed by atoms with Crippen molar-refractivity contribution in [1.82, 2.24) is 0 Å². The normalized spacial score (nSPS) is 19.3. The van der Waals surface area contributed by atoms with E-state index in [1.165, 1.54) is 5.57 Å². The van der Waals surface area contributed by atoms with E-state index in [-0.39, 0.29) is 6.10 Å². The molecule has 0 saturated carbocycles. The molecule has 2 aromatic carbocycles. The monoisotopic (exact) mass is 464 g/mol. The van der Waals surface area contributed by atoms with Crippen molar-refractivity contribution >= 4 is 24.5 Å². The molecule has 3 rings (SSSR count). The Morgan fingerprint density at radius 3 is 2.48 bits per heavy atom. The van der Waals surface area contributed by atoms with Crippen LogP contribution in [0.3, 0.4) is 0 Å². The molecule has 1 heterocycles. The van der Waals surface area contributed by atoms with Crippen LogP contribution in [-0.4, -0.2) is 40.2 Å². The second-order valence-electron chi connectivity index (χ2n) is 5.68. The van der Waals surface area contributed by atoms with Crippen LogP contribution < -0.4 is 8.35 Å². The van der Waals surface area contributed by atoms with Gasteiger partial charge in [0.1, 0.15) is 0 Å². The van der Waals surface area contributed by atoms with Gasteiger partial charge < -0.3 is 0 Å². The summed E-state index contributed by atoms with van der Waals surface area (Å²) in [5.74, 6) is 0.821. The molecular formula is C19H17F3O2Te. The number of halogens is 3. The fourth-order valence-electron chi connectivity index (χ4n) is 2.40. The Kier molecular flexibility index (Phi) is 6.06. The summed E-state index contributed by atoms with van der Waals surface area (Å²) in [5, 5.41) is 0. The van der Waals surface area contributed by atoms with Gasteiger partial charge in [0, 0.05) is 0 Å². The summed E-state index contributed by atoms with van der Waals surface area (Å²) >= 11 is -0.652. The van der Waals surface area contributed by atoms with Gasteiger partial charge in [-0.25, -0.2) is 0 Å². The van der Waals surface area contributed by atoms with Crippen molar-refractivity contribution < 1.29 is 22.6 Å². The zero-order valence-corrected chi connectivity index (χ0v) is 15.7. The van der Waals surface area contributed by atoms with Gasteiger partial charge in [0.2, 0.25) is 0 Å². The summed E-state index contributed by atoms with van der Waals surface area (Å²) in [7, 11) is 0. The van der Waals surface area contributed by atoms with Crippen LogP contribution in [0.5, 0.6) is 5.75 Å².